The van der Waals surface area contributed by atoms with E-state index in [1.807, 2.05) is 0 Å². The van der Waals surface area contributed by atoms with Crippen molar-refractivity contribution in [3.63, 3.8) is 0 Å². The second-order valence-corrected chi connectivity index (χ2v) is 4.44. The largest absolute Gasteiger partial charge is 0.294 e. The van der Waals surface area contributed by atoms with E-state index in [0.29, 0.717) is 17.9 Å². The van der Waals surface area contributed by atoms with Gasteiger partial charge in [-0.1, -0.05) is 24.4 Å². The smallest absolute Gasteiger partial charge is 0.162 e. The van der Waals surface area contributed by atoms with Crippen molar-refractivity contribution in [2.75, 3.05) is 0 Å². The predicted molar refractivity (Wildman–Crippen MR) is 69.1 cm³/mol. The SMILES string of the molecule is N#CCCCCCCC(=O)c1ccc(Cl)cc1. The zero-order chi connectivity index (χ0) is 12.5. The van der Waals surface area contributed by atoms with Gasteiger partial charge in [0.05, 0.1) is 6.07 Å². The van der Waals surface area contributed by atoms with Gasteiger partial charge in [-0.25, -0.2) is 0 Å². The minimum absolute atomic E-state index is 0.168. The fraction of sp³-hybridized carbons (Fsp3) is 0.429. The second kappa shape index (κ2) is 7.86. The average molecular weight is 250 g/mol. The molecule has 3 heteroatoms. The summed E-state index contributed by atoms with van der Waals surface area (Å²) in [6.45, 7) is 0. The Morgan fingerprint density at radius 2 is 1.76 bits per heavy atom. The third kappa shape index (κ3) is 5.51. The van der Waals surface area contributed by atoms with Gasteiger partial charge in [-0.3, -0.25) is 4.79 Å². The normalized spacial score (nSPS) is 9.88. The van der Waals surface area contributed by atoms with Gasteiger partial charge >= 0.3 is 0 Å². The lowest BCUT2D eigenvalue weighted by Crippen LogP contribution is -1.98. The molecule has 90 valence electrons. The van der Waals surface area contributed by atoms with Crippen LogP contribution < -0.4 is 0 Å². The molecule has 0 aromatic heterocycles. The highest BCUT2D eigenvalue weighted by Crippen LogP contribution is 2.13. The highest BCUT2D eigenvalue weighted by Gasteiger charge is 2.04. The molecule has 0 aliphatic rings. The summed E-state index contributed by atoms with van der Waals surface area (Å²) in [7, 11) is 0. The monoisotopic (exact) mass is 249 g/mol. The molecule has 0 aliphatic heterocycles. The molecular formula is C14H16ClNO. The van der Waals surface area contributed by atoms with Crippen LogP contribution in [0.4, 0.5) is 0 Å². The Balaban J connectivity index is 2.21. The summed E-state index contributed by atoms with van der Waals surface area (Å²) in [4.78, 5) is 11.7. The van der Waals surface area contributed by atoms with E-state index in [2.05, 4.69) is 6.07 Å². The number of carbonyl (C=O) groups is 1. The number of nitriles is 1. The first-order chi connectivity index (χ1) is 8.24. The summed E-state index contributed by atoms with van der Waals surface area (Å²) in [5.74, 6) is 0.168. The maximum absolute atomic E-state index is 11.7. The van der Waals surface area contributed by atoms with E-state index in [0.717, 1.165) is 31.2 Å². The molecule has 1 rings (SSSR count). The Morgan fingerprint density at radius 1 is 1.12 bits per heavy atom. The van der Waals surface area contributed by atoms with E-state index in [-0.39, 0.29) is 5.78 Å². The lowest BCUT2D eigenvalue weighted by Gasteiger charge is -2.01. The van der Waals surface area contributed by atoms with E-state index in [9.17, 15) is 4.79 Å². The van der Waals surface area contributed by atoms with E-state index < -0.39 is 0 Å². The van der Waals surface area contributed by atoms with Gasteiger partial charge < -0.3 is 0 Å². The molecular weight excluding hydrogens is 234 g/mol. The molecule has 0 spiro atoms. The lowest BCUT2D eigenvalue weighted by atomic mass is 10.0. The number of rotatable bonds is 7. The summed E-state index contributed by atoms with van der Waals surface area (Å²) in [6, 6.07) is 9.12. The predicted octanol–water partition coefficient (Wildman–Crippen LogP) is 4.39. The number of carbonyl (C=O) groups excluding carboxylic acids is 1. The fourth-order valence-corrected chi connectivity index (χ4v) is 1.75. The van der Waals surface area contributed by atoms with Crippen molar-refractivity contribution in [1.82, 2.24) is 0 Å². The van der Waals surface area contributed by atoms with Crippen molar-refractivity contribution < 1.29 is 4.79 Å². The van der Waals surface area contributed by atoms with Crippen LogP contribution in [0.3, 0.4) is 0 Å². The van der Waals surface area contributed by atoms with Crippen LogP contribution in [-0.4, -0.2) is 5.78 Å². The van der Waals surface area contributed by atoms with Gasteiger partial charge in [0.1, 0.15) is 0 Å². The van der Waals surface area contributed by atoms with Crippen molar-refractivity contribution >= 4 is 17.4 Å². The average Bonchev–Trinajstić information content (AvgIpc) is 2.34. The molecule has 1 aromatic carbocycles. The maximum atomic E-state index is 11.7. The Labute approximate surface area is 107 Å². The summed E-state index contributed by atoms with van der Waals surface area (Å²) >= 11 is 5.75. The van der Waals surface area contributed by atoms with Crippen LogP contribution in [0.5, 0.6) is 0 Å². The van der Waals surface area contributed by atoms with Crippen LogP contribution in [0.25, 0.3) is 0 Å². The molecule has 1 aromatic rings. The van der Waals surface area contributed by atoms with Crippen LogP contribution >= 0.6 is 11.6 Å². The minimum atomic E-state index is 0.168. The number of halogens is 1. The van der Waals surface area contributed by atoms with Crippen molar-refractivity contribution in [2.24, 2.45) is 0 Å². The number of Topliss-reactive ketones (excluding diaryl/α,β-unsaturated/α-hetero) is 1. The molecule has 2 nitrogen and oxygen atoms in total. The second-order valence-electron chi connectivity index (χ2n) is 4.00. The highest BCUT2D eigenvalue weighted by molar-refractivity contribution is 6.30. The zero-order valence-corrected chi connectivity index (χ0v) is 10.5. The van der Waals surface area contributed by atoms with Crippen molar-refractivity contribution in [3.8, 4) is 6.07 Å². The van der Waals surface area contributed by atoms with Gasteiger partial charge in [-0.2, -0.15) is 5.26 Å². The van der Waals surface area contributed by atoms with E-state index >= 15 is 0 Å². The molecule has 0 saturated heterocycles. The lowest BCUT2D eigenvalue weighted by molar-refractivity contribution is 0.0979. The maximum Gasteiger partial charge on any atom is 0.162 e. The number of unbranched alkanes of at least 4 members (excludes halogenated alkanes) is 4. The van der Waals surface area contributed by atoms with Gasteiger partial charge in [-0.05, 0) is 37.1 Å². The summed E-state index contributed by atoms with van der Waals surface area (Å²) in [6.07, 6.45) is 5.07. The molecule has 0 aliphatic carbocycles. The minimum Gasteiger partial charge on any atom is -0.294 e. The Kier molecular flexibility index (Phi) is 6.35. The van der Waals surface area contributed by atoms with Crippen LogP contribution in [0.2, 0.25) is 5.02 Å². The quantitative estimate of drug-likeness (QED) is 0.531. The van der Waals surface area contributed by atoms with Crippen LogP contribution in [0.1, 0.15) is 48.9 Å². The van der Waals surface area contributed by atoms with Gasteiger partial charge in [0.15, 0.2) is 5.78 Å². The molecule has 17 heavy (non-hydrogen) atoms. The number of nitrogens with zero attached hydrogens (tertiary/aromatic N) is 1. The number of hydrogen-bond donors (Lipinski definition) is 0. The molecule has 0 fully saturated rings. The summed E-state index contributed by atoms with van der Waals surface area (Å²) in [5, 5.41) is 9.02. The number of ketones is 1. The third-order valence-corrected chi connectivity index (χ3v) is 2.86. The van der Waals surface area contributed by atoms with E-state index in [1.54, 1.807) is 24.3 Å². The standard InChI is InChI=1S/C14H16ClNO/c15-13-9-7-12(8-10-13)14(17)6-4-2-1-3-5-11-16/h7-10H,1-6H2. The van der Waals surface area contributed by atoms with Crippen LogP contribution in [0.15, 0.2) is 24.3 Å². The number of hydrogen-bond acceptors (Lipinski definition) is 2. The summed E-state index contributed by atoms with van der Waals surface area (Å²) in [5.41, 5.74) is 0.728. The molecule has 0 unspecified atom stereocenters. The number of benzene rings is 1. The fourth-order valence-electron chi connectivity index (χ4n) is 1.62. The topological polar surface area (TPSA) is 40.9 Å². The zero-order valence-electron chi connectivity index (χ0n) is 9.79. The molecule has 0 bridgehead atoms. The first-order valence-corrected chi connectivity index (χ1v) is 6.27. The van der Waals surface area contributed by atoms with Crippen molar-refractivity contribution in [3.05, 3.63) is 34.9 Å². The van der Waals surface area contributed by atoms with E-state index in [4.69, 9.17) is 16.9 Å². The molecule has 0 atom stereocenters. The molecule has 0 saturated carbocycles. The Hall–Kier alpha value is -1.33. The van der Waals surface area contributed by atoms with Crippen molar-refractivity contribution in [2.45, 2.75) is 38.5 Å². The molecule has 0 heterocycles. The van der Waals surface area contributed by atoms with Gasteiger partial charge in [-0.15, -0.1) is 0 Å². The highest BCUT2D eigenvalue weighted by atomic mass is 35.5. The Morgan fingerprint density at radius 3 is 2.41 bits per heavy atom. The van der Waals surface area contributed by atoms with Gasteiger partial charge in [0.25, 0.3) is 0 Å². The summed E-state index contributed by atoms with van der Waals surface area (Å²) < 4.78 is 0. The first kappa shape index (κ1) is 13.7. The first-order valence-electron chi connectivity index (χ1n) is 5.90. The van der Waals surface area contributed by atoms with E-state index in [1.165, 1.54) is 0 Å². The van der Waals surface area contributed by atoms with Gasteiger partial charge in [0, 0.05) is 23.4 Å². The molecule has 0 amide bonds. The van der Waals surface area contributed by atoms with Gasteiger partial charge in [0.2, 0.25) is 0 Å². The Bertz CT molecular complexity index is 392. The third-order valence-electron chi connectivity index (χ3n) is 2.61. The van der Waals surface area contributed by atoms with Crippen LogP contribution in [-0.2, 0) is 0 Å². The molecule has 0 radical (unpaired) electrons. The van der Waals surface area contributed by atoms with Crippen molar-refractivity contribution in [1.29, 1.82) is 5.26 Å². The molecule has 0 N–H and O–H groups in total. The van der Waals surface area contributed by atoms with Crippen LogP contribution in [0, 0.1) is 11.3 Å².